The highest BCUT2D eigenvalue weighted by molar-refractivity contribution is 7.84. The highest BCUT2D eigenvalue weighted by Crippen LogP contribution is 2.48. The number of aliphatic hydroxyl groups excluding tert-OH is 1. The van der Waals surface area contributed by atoms with Crippen LogP contribution in [0.2, 0.25) is 0 Å². The van der Waals surface area contributed by atoms with E-state index < -0.39 is 52.6 Å². The van der Waals surface area contributed by atoms with Gasteiger partial charge in [-0.15, -0.1) is 0 Å². The fraction of sp³-hybridized carbons (Fsp3) is 0.800. The topological polar surface area (TPSA) is 222 Å². The van der Waals surface area contributed by atoms with Crippen molar-refractivity contribution in [2.24, 2.45) is 26.6 Å². The Morgan fingerprint density at radius 1 is 1.38 bits per heavy atom. The number of hydrogen-bond acceptors (Lipinski definition) is 12. The molecular weight excluding hydrogens is 346 g/mol. The van der Waals surface area contributed by atoms with Crippen LogP contribution in [0.25, 0.3) is 0 Å². The van der Waals surface area contributed by atoms with E-state index >= 15 is 0 Å². The fourth-order valence-corrected chi connectivity index (χ4v) is 4.32. The summed E-state index contributed by atoms with van der Waals surface area (Å²) < 4.78 is 27.3. The minimum Gasteiger partial charge on any atom is -0.394 e. The van der Waals surface area contributed by atoms with Crippen LogP contribution in [0.1, 0.15) is 6.92 Å². The first-order valence-corrected chi connectivity index (χ1v) is 8.43. The van der Waals surface area contributed by atoms with Gasteiger partial charge in [0, 0.05) is 0 Å². The van der Waals surface area contributed by atoms with Crippen molar-refractivity contribution in [2.45, 2.75) is 42.6 Å². The second-order valence-electron chi connectivity index (χ2n) is 5.93. The summed E-state index contributed by atoms with van der Waals surface area (Å²) in [5, 5.41) is 38.6. The second-order valence-corrected chi connectivity index (χ2v) is 7.11. The van der Waals surface area contributed by atoms with Crippen molar-refractivity contribution in [1.29, 1.82) is 0 Å². The molecular formula is C10H19N7O6S. The van der Waals surface area contributed by atoms with Crippen LogP contribution < -0.4 is 21.9 Å². The zero-order valence-corrected chi connectivity index (χ0v) is 13.4. The molecule has 0 bridgehead atoms. The first-order valence-electron chi connectivity index (χ1n) is 6.96. The van der Waals surface area contributed by atoms with Crippen LogP contribution in [0.15, 0.2) is 9.98 Å². The SMILES string of the molecule is C[C@H]1[C@H](OS(N)(=O)=O)C(O)(O)C23NC(N)=NC2[C@H](CO)N=C(N)N13. The molecule has 24 heavy (non-hydrogen) atoms. The van der Waals surface area contributed by atoms with Crippen LogP contribution in [0.5, 0.6) is 0 Å². The van der Waals surface area contributed by atoms with Gasteiger partial charge in [-0.3, -0.25) is 0 Å². The summed E-state index contributed by atoms with van der Waals surface area (Å²) in [7, 11) is -4.51. The van der Waals surface area contributed by atoms with Gasteiger partial charge in [0.2, 0.25) is 5.79 Å². The molecule has 0 saturated carbocycles. The van der Waals surface area contributed by atoms with Crippen molar-refractivity contribution in [1.82, 2.24) is 10.2 Å². The van der Waals surface area contributed by atoms with E-state index in [0.717, 1.165) is 0 Å². The van der Waals surface area contributed by atoms with Gasteiger partial charge in [0.25, 0.3) is 0 Å². The molecule has 3 heterocycles. The lowest BCUT2D eigenvalue weighted by molar-refractivity contribution is -0.252. The van der Waals surface area contributed by atoms with Crippen LogP contribution in [0.3, 0.4) is 0 Å². The van der Waals surface area contributed by atoms with E-state index in [9.17, 15) is 23.7 Å². The highest BCUT2D eigenvalue weighted by atomic mass is 32.2. The van der Waals surface area contributed by atoms with Crippen molar-refractivity contribution >= 4 is 22.2 Å². The number of guanidine groups is 2. The molecule has 1 spiro atoms. The molecule has 0 aromatic rings. The van der Waals surface area contributed by atoms with Crippen LogP contribution >= 0.6 is 0 Å². The first-order chi connectivity index (χ1) is 11.0. The van der Waals surface area contributed by atoms with Gasteiger partial charge in [-0.05, 0) is 6.92 Å². The van der Waals surface area contributed by atoms with Crippen LogP contribution in [-0.4, -0.2) is 82.8 Å². The first kappa shape index (κ1) is 17.1. The molecule has 5 atom stereocenters. The Bertz CT molecular complexity index is 723. The lowest BCUT2D eigenvalue weighted by atomic mass is 9.86. The number of nitrogens with zero attached hydrogens (tertiary/aromatic N) is 3. The summed E-state index contributed by atoms with van der Waals surface area (Å²) in [6.45, 7) is 0.950. The van der Waals surface area contributed by atoms with E-state index in [-0.39, 0.29) is 11.9 Å². The van der Waals surface area contributed by atoms with Gasteiger partial charge < -0.3 is 37.0 Å². The van der Waals surface area contributed by atoms with Gasteiger partial charge in [-0.1, -0.05) is 0 Å². The fourth-order valence-electron chi connectivity index (χ4n) is 3.73. The third kappa shape index (κ3) is 2.01. The Morgan fingerprint density at radius 3 is 2.54 bits per heavy atom. The van der Waals surface area contributed by atoms with Gasteiger partial charge in [0.05, 0.1) is 12.6 Å². The summed E-state index contributed by atoms with van der Waals surface area (Å²) in [6, 6.07) is -2.95. The van der Waals surface area contributed by atoms with Gasteiger partial charge >= 0.3 is 10.3 Å². The maximum absolute atomic E-state index is 11.3. The third-order valence-electron chi connectivity index (χ3n) is 4.54. The van der Waals surface area contributed by atoms with Gasteiger partial charge in [0.15, 0.2) is 23.7 Å². The van der Waals surface area contributed by atoms with E-state index in [1.807, 2.05) is 0 Å². The van der Waals surface area contributed by atoms with Crippen molar-refractivity contribution in [3.8, 4) is 0 Å². The number of nitrogens with two attached hydrogens (primary N) is 3. The molecule has 3 aliphatic heterocycles. The van der Waals surface area contributed by atoms with Crippen LogP contribution in [0.4, 0.5) is 0 Å². The Labute approximate surface area is 137 Å². The van der Waals surface area contributed by atoms with Crippen molar-refractivity contribution in [3.63, 3.8) is 0 Å². The minimum atomic E-state index is -4.51. The summed E-state index contributed by atoms with van der Waals surface area (Å²) in [6.07, 6.45) is -1.71. The Kier molecular flexibility index (Phi) is 3.50. The number of hydrogen-bond donors (Lipinski definition) is 7. The summed E-state index contributed by atoms with van der Waals surface area (Å²) in [4.78, 5) is 9.35. The predicted octanol–water partition coefficient (Wildman–Crippen LogP) is -5.37. The summed E-state index contributed by atoms with van der Waals surface area (Å²) >= 11 is 0. The lowest BCUT2D eigenvalue weighted by Crippen LogP contribution is -2.77. The maximum Gasteiger partial charge on any atom is 0.333 e. The van der Waals surface area contributed by atoms with Gasteiger partial charge in [0.1, 0.15) is 12.1 Å². The van der Waals surface area contributed by atoms with E-state index in [2.05, 4.69) is 19.5 Å². The van der Waals surface area contributed by atoms with E-state index in [1.54, 1.807) is 0 Å². The van der Waals surface area contributed by atoms with Crippen LogP contribution in [-0.2, 0) is 14.5 Å². The molecule has 0 aromatic carbocycles. The van der Waals surface area contributed by atoms with Crippen molar-refractivity contribution < 1.29 is 27.9 Å². The quantitative estimate of drug-likeness (QED) is 0.235. The number of rotatable bonds is 3. The maximum atomic E-state index is 11.3. The smallest absolute Gasteiger partial charge is 0.333 e. The Morgan fingerprint density at radius 2 is 2.00 bits per heavy atom. The molecule has 0 amide bonds. The normalized spacial score (nSPS) is 40.5. The van der Waals surface area contributed by atoms with E-state index in [4.69, 9.17) is 16.6 Å². The zero-order chi connectivity index (χ0) is 18.1. The molecule has 136 valence electrons. The molecule has 1 saturated heterocycles. The van der Waals surface area contributed by atoms with E-state index in [1.165, 1.54) is 11.8 Å². The average Bonchev–Trinajstić information content (AvgIpc) is 2.86. The molecule has 0 aromatic heterocycles. The molecule has 0 radical (unpaired) electrons. The average molecular weight is 365 g/mol. The molecule has 13 nitrogen and oxygen atoms in total. The molecule has 14 heteroatoms. The van der Waals surface area contributed by atoms with Crippen molar-refractivity contribution in [2.75, 3.05) is 6.61 Å². The zero-order valence-electron chi connectivity index (χ0n) is 12.6. The lowest BCUT2D eigenvalue weighted by Gasteiger charge is -2.49. The molecule has 3 rings (SSSR count). The molecule has 3 aliphatic rings. The van der Waals surface area contributed by atoms with Crippen molar-refractivity contribution in [3.05, 3.63) is 0 Å². The highest BCUT2D eigenvalue weighted by Gasteiger charge is 2.76. The predicted molar refractivity (Wildman–Crippen MR) is 80.2 cm³/mol. The van der Waals surface area contributed by atoms with Gasteiger partial charge in [-0.25, -0.2) is 19.3 Å². The molecule has 2 unspecified atom stereocenters. The Balaban J connectivity index is 2.18. The Hall–Kier alpha value is -1.71. The number of nitrogens with one attached hydrogen (secondary N) is 1. The van der Waals surface area contributed by atoms with Crippen LogP contribution in [0, 0.1) is 0 Å². The second kappa shape index (κ2) is 4.90. The summed E-state index contributed by atoms with van der Waals surface area (Å²) in [5.41, 5.74) is 9.70. The standard InChI is InChI=1S/C10H19N7O6S/c1-3-6(23-24(13,21)22)10(19,20)9-5(15-7(11)16-9)4(2-18)14-8(12)17(3)9/h3-6,18-20H,2H2,1H3,(H2,12,14)(H3,11,15,16)(H2,13,21,22)/t3-,4-,5?,6-,9?/m0/s1. The monoisotopic (exact) mass is 365 g/mol. The molecule has 1 fully saturated rings. The number of aliphatic imine (C=N–C) groups is 2. The third-order valence-corrected chi connectivity index (χ3v) is 5.02. The minimum absolute atomic E-state index is 0.149. The van der Waals surface area contributed by atoms with Gasteiger partial charge in [-0.2, -0.15) is 8.42 Å². The summed E-state index contributed by atoms with van der Waals surface area (Å²) in [5.74, 6) is -3.14. The van der Waals surface area contributed by atoms with E-state index in [0.29, 0.717) is 0 Å². The molecule has 0 aliphatic carbocycles. The number of aliphatic hydroxyl groups is 3. The largest absolute Gasteiger partial charge is 0.394 e. The molecule has 10 N–H and O–H groups in total.